The van der Waals surface area contributed by atoms with Crippen molar-refractivity contribution in [3.8, 4) is 0 Å². The van der Waals surface area contributed by atoms with Gasteiger partial charge in [-0.2, -0.15) is 0 Å². The lowest BCUT2D eigenvalue weighted by atomic mass is 10.4. The molecular weight excluding hydrogens is 282 g/mol. The fraction of sp³-hybridized carbons (Fsp3) is 0.250. The highest BCUT2D eigenvalue weighted by molar-refractivity contribution is 8.01. The van der Waals surface area contributed by atoms with Crippen LogP contribution in [0.5, 0.6) is 0 Å². The summed E-state index contributed by atoms with van der Waals surface area (Å²) >= 11 is 2.86. The highest BCUT2D eigenvalue weighted by atomic mass is 32.2. The number of nitrogens with zero attached hydrogens (tertiary/aromatic N) is 2. The van der Waals surface area contributed by atoms with Crippen molar-refractivity contribution in [1.29, 1.82) is 0 Å². The molecule has 0 aliphatic carbocycles. The molecule has 19 heavy (non-hydrogen) atoms. The Morgan fingerprint density at radius 2 is 2.32 bits per heavy atom. The average Bonchev–Trinajstić information content (AvgIpc) is 2.89. The smallest absolute Gasteiger partial charge is 0.301 e. The summed E-state index contributed by atoms with van der Waals surface area (Å²) in [5.41, 5.74) is 0.0421. The van der Waals surface area contributed by atoms with Gasteiger partial charge in [0, 0.05) is 12.6 Å². The number of hydrogen-bond donors (Lipinski definition) is 1. The second-order valence-electron chi connectivity index (χ2n) is 3.74. The third kappa shape index (κ3) is 3.68. The molecule has 0 spiro atoms. The highest BCUT2D eigenvalue weighted by Gasteiger charge is 2.17. The van der Waals surface area contributed by atoms with Gasteiger partial charge < -0.3 is 5.32 Å². The summed E-state index contributed by atoms with van der Waals surface area (Å²) in [5, 5.41) is 16.5. The second kappa shape index (κ2) is 6.53. The predicted octanol–water partition coefficient (Wildman–Crippen LogP) is 4.02. The lowest BCUT2D eigenvalue weighted by Gasteiger charge is -2.06. The van der Waals surface area contributed by atoms with E-state index in [1.807, 2.05) is 17.5 Å². The zero-order chi connectivity index (χ0) is 13.7. The second-order valence-corrected chi connectivity index (χ2v) is 5.98. The number of nitrogens with one attached hydrogen (secondary N) is 1. The minimum Gasteiger partial charge on any atom is -0.370 e. The molecule has 100 valence electrons. The number of pyridine rings is 1. The number of aromatic nitrogens is 1. The van der Waals surface area contributed by atoms with E-state index in [4.69, 9.17) is 0 Å². The molecule has 0 saturated carbocycles. The summed E-state index contributed by atoms with van der Waals surface area (Å²) in [4.78, 5) is 14.9. The van der Waals surface area contributed by atoms with Gasteiger partial charge in [-0.25, -0.2) is 4.98 Å². The fourth-order valence-electron chi connectivity index (χ4n) is 1.42. The predicted molar refractivity (Wildman–Crippen MR) is 78.1 cm³/mol. The fourth-order valence-corrected chi connectivity index (χ4v) is 3.19. The van der Waals surface area contributed by atoms with Gasteiger partial charge in [0.1, 0.15) is 5.82 Å². The molecule has 0 bridgehead atoms. The van der Waals surface area contributed by atoms with Crippen molar-refractivity contribution in [3.05, 3.63) is 39.8 Å². The van der Waals surface area contributed by atoms with Crippen LogP contribution in [0.4, 0.5) is 11.5 Å². The van der Waals surface area contributed by atoms with Crippen molar-refractivity contribution in [2.45, 2.75) is 22.6 Å². The van der Waals surface area contributed by atoms with Crippen molar-refractivity contribution in [1.82, 2.24) is 4.98 Å². The molecule has 1 N–H and O–H groups in total. The molecule has 0 amide bonds. The third-order valence-corrected chi connectivity index (χ3v) is 4.32. The van der Waals surface area contributed by atoms with Gasteiger partial charge in [0.05, 0.1) is 9.13 Å². The van der Waals surface area contributed by atoms with E-state index in [0.29, 0.717) is 10.8 Å². The summed E-state index contributed by atoms with van der Waals surface area (Å²) < 4.78 is 0.989. The Labute approximate surface area is 119 Å². The van der Waals surface area contributed by atoms with Gasteiger partial charge in [-0.3, -0.25) is 10.1 Å². The normalized spacial score (nSPS) is 10.4. The van der Waals surface area contributed by atoms with E-state index >= 15 is 0 Å². The van der Waals surface area contributed by atoms with Crippen LogP contribution in [0.1, 0.15) is 13.3 Å². The summed E-state index contributed by atoms with van der Waals surface area (Å²) in [6, 6.07) is 6.98. The van der Waals surface area contributed by atoms with Gasteiger partial charge in [-0.05, 0) is 23.9 Å². The van der Waals surface area contributed by atoms with E-state index in [2.05, 4.69) is 17.2 Å². The molecule has 5 nitrogen and oxygen atoms in total. The van der Waals surface area contributed by atoms with Crippen molar-refractivity contribution < 1.29 is 4.92 Å². The maximum absolute atomic E-state index is 11.0. The Morgan fingerprint density at radius 3 is 2.95 bits per heavy atom. The van der Waals surface area contributed by atoms with Crippen LogP contribution in [-0.2, 0) is 0 Å². The summed E-state index contributed by atoms with van der Waals surface area (Å²) in [6.45, 7) is 2.85. The quantitative estimate of drug-likeness (QED) is 0.644. The van der Waals surface area contributed by atoms with Gasteiger partial charge >= 0.3 is 5.69 Å². The van der Waals surface area contributed by atoms with Gasteiger partial charge in [0.25, 0.3) is 0 Å². The number of rotatable bonds is 6. The number of nitro groups is 1. The molecular formula is C12H13N3O2S2. The zero-order valence-electron chi connectivity index (χ0n) is 10.3. The first kappa shape index (κ1) is 13.8. The average molecular weight is 295 g/mol. The maximum atomic E-state index is 11.0. The minimum atomic E-state index is -0.396. The molecule has 0 atom stereocenters. The van der Waals surface area contributed by atoms with Crippen LogP contribution in [0, 0.1) is 10.1 Å². The van der Waals surface area contributed by atoms with Crippen molar-refractivity contribution >= 4 is 34.6 Å². The molecule has 0 aliphatic heterocycles. The molecule has 0 fully saturated rings. The van der Waals surface area contributed by atoms with Crippen molar-refractivity contribution in [2.24, 2.45) is 0 Å². The van der Waals surface area contributed by atoms with Crippen LogP contribution in [-0.4, -0.2) is 16.5 Å². The maximum Gasteiger partial charge on any atom is 0.301 e. The van der Waals surface area contributed by atoms with E-state index in [1.165, 1.54) is 17.8 Å². The SMILES string of the molecule is CCCNc1ccc([N+](=O)[O-])c(Sc2cccs2)n1. The molecule has 2 heterocycles. The van der Waals surface area contributed by atoms with E-state index < -0.39 is 4.92 Å². The number of hydrogen-bond acceptors (Lipinski definition) is 6. The Bertz CT molecular complexity index is 558. The summed E-state index contributed by atoms with van der Waals surface area (Å²) in [5.74, 6) is 0.673. The monoisotopic (exact) mass is 295 g/mol. The first-order valence-corrected chi connectivity index (χ1v) is 7.51. The van der Waals surface area contributed by atoms with E-state index in [-0.39, 0.29) is 5.69 Å². The molecule has 2 aromatic heterocycles. The van der Waals surface area contributed by atoms with Crippen LogP contribution in [0.25, 0.3) is 0 Å². The molecule has 0 aromatic carbocycles. The van der Waals surface area contributed by atoms with Crippen LogP contribution in [0.15, 0.2) is 38.9 Å². The number of thiophene rings is 1. The molecule has 0 radical (unpaired) electrons. The molecule has 0 aliphatic rings. The summed E-state index contributed by atoms with van der Waals surface area (Å²) in [6.07, 6.45) is 0.978. The molecule has 0 unspecified atom stereocenters. The summed E-state index contributed by atoms with van der Waals surface area (Å²) in [7, 11) is 0. The van der Waals surface area contributed by atoms with E-state index in [9.17, 15) is 10.1 Å². The highest BCUT2D eigenvalue weighted by Crippen LogP contribution is 2.36. The standard InChI is InChI=1S/C12H13N3O2S2/c1-2-7-13-10-6-5-9(15(16)17)12(14-10)19-11-4-3-8-18-11/h3-6,8H,2,7H2,1H3,(H,13,14). The molecule has 0 saturated heterocycles. The molecule has 2 aromatic rings. The van der Waals surface area contributed by atoms with Crippen LogP contribution < -0.4 is 5.32 Å². The largest absolute Gasteiger partial charge is 0.370 e. The third-order valence-electron chi connectivity index (χ3n) is 2.29. The number of anilines is 1. The lowest BCUT2D eigenvalue weighted by Crippen LogP contribution is -2.03. The van der Waals surface area contributed by atoms with Gasteiger partial charge in [0.15, 0.2) is 5.03 Å². The first-order valence-electron chi connectivity index (χ1n) is 5.81. The zero-order valence-corrected chi connectivity index (χ0v) is 12.0. The van der Waals surface area contributed by atoms with Gasteiger partial charge in [-0.15, -0.1) is 11.3 Å². The minimum absolute atomic E-state index is 0.0421. The van der Waals surface area contributed by atoms with Crippen LogP contribution in [0.3, 0.4) is 0 Å². The van der Waals surface area contributed by atoms with E-state index in [0.717, 1.165) is 17.2 Å². The van der Waals surface area contributed by atoms with Crippen LogP contribution >= 0.6 is 23.1 Å². The molecule has 2 rings (SSSR count). The Morgan fingerprint density at radius 1 is 1.47 bits per heavy atom. The van der Waals surface area contributed by atoms with E-state index in [1.54, 1.807) is 17.4 Å². The topological polar surface area (TPSA) is 68.1 Å². The Kier molecular flexibility index (Phi) is 4.75. The first-order chi connectivity index (χ1) is 9.20. The van der Waals surface area contributed by atoms with Crippen LogP contribution in [0.2, 0.25) is 0 Å². The Hall–Kier alpha value is -1.60. The Balaban J connectivity index is 2.27. The lowest BCUT2D eigenvalue weighted by molar-refractivity contribution is -0.388. The van der Waals surface area contributed by atoms with Gasteiger partial charge in [0.2, 0.25) is 0 Å². The van der Waals surface area contributed by atoms with Gasteiger partial charge in [-0.1, -0.05) is 24.8 Å². The molecule has 7 heteroatoms. The van der Waals surface area contributed by atoms with Crippen molar-refractivity contribution in [2.75, 3.05) is 11.9 Å². The van der Waals surface area contributed by atoms with Crippen molar-refractivity contribution in [3.63, 3.8) is 0 Å².